The van der Waals surface area contributed by atoms with Crippen molar-refractivity contribution < 1.29 is 4.79 Å². The molecule has 0 radical (unpaired) electrons. The number of carbonyl (C=O) groups is 1. The van der Waals surface area contributed by atoms with E-state index in [1.54, 1.807) is 6.08 Å². The third kappa shape index (κ3) is 5.08. The minimum absolute atomic E-state index is 0.0833. The number of ketones is 1. The van der Waals surface area contributed by atoms with Crippen LogP contribution in [-0.2, 0) is 4.79 Å². The van der Waals surface area contributed by atoms with Crippen molar-refractivity contribution in [3.63, 3.8) is 0 Å². The Morgan fingerprint density at radius 1 is 1.42 bits per heavy atom. The molecule has 0 fully saturated rings. The number of hydrogen-bond donors (Lipinski definition) is 0. The van der Waals surface area contributed by atoms with Crippen molar-refractivity contribution in [2.45, 2.75) is 33.0 Å². The van der Waals surface area contributed by atoms with Crippen LogP contribution in [0.2, 0.25) is 19.6 Å². The maximum atomic E-state index is 11.3. The number of rotatable bonds is 4. The maximum absolute atomic E-state index is 11.3. The van der Waals surface area contributed by atoms with E-state index in [4.69, 9.17) is 0 Å². The molecule has 0 atom stereocenters. The van der Waals surface area contributed by atoms with Gasteiger partial charge >= 0.3 is 0 Å². The van der Waals surface area contributed by atoms with Gasteiger partial charge in [-0.05, 0) is 18.1 Å². The molecule has 0 saturated carbocycles. The fourth-order valence-electron chi connectivity index (χ4n) is 0.618. The lowest BCUT2D eigenvalue weighted by molar-refractivity contribution is -0.111. The van der Waals surface area contributed by atoms with E-state index in [0.717, 1.165) is 6.42 Å². The molecule has 0 saturated heterocycles. The summed E-state index contributed by atoms with van der Waals surface area (Å²) in [6.07, 6.45) is 2.42. The molecule has 0 rings (SSSR count). The molecule has 1 nitrogen and oxygen atoms in total. The van der Waals surface area contributed by atoms with Gasteiger partial charge in [0.1, 0.15) is 0 Å². The molecule has 12 heavy (non-hydrogen) atoms. The van der Waals surface area contributed by atoms with Gasteiger partial charge in [-0.25, -0.2) is 0 Å². The minimum Gasteiger partial charge on any atom is -0.290 e. The van der Waals surface area contributed by atoms with Crippen LogP contribution >= 0.6 is 0 Å². The van der Waals surface area contributed by atoms with Crippen molar-refractivity contribution in [3.05, 3.63) is 23.9 Å². The zero-order chi connectivity index (χ0) is 9.78. The molecule has 0 aromatic heterocycles. The van der Waals surface area contributed by atoms with Gasteiger partial charge in [-0.3, -0.25) is 4.79 Å². The van der Waals surface area contributed by atoms with E-state index in [1.165, 1.54) is 0 Å². The average Bonchev–Trinajstić information content (AvgIpc) is 1.97. The highest BCUT2D eigenvalue weighted by atomic mass is 28.3. The topological polar surface area (TPSA) is 17.1 Å². The van der Waals surface area contributed by atoms with Crippen LogP contribution in [0.3, 0.4) is 0 Å². The monoisotopic (exact) mass is 182 g/mol. The highest BCUT2D eigenvalue weighted by Gasteiger charge is 2.08. The zero-order valence-electron chi connectivity index (χ0n) is 8.48. The van der Waals surface area contributed by atoms with Crippen molar-refractivity contribution in [3.8, 4) is 0 Å². The van der Waals surface area contributed by atoms with Crippen molar-refractivity contribution in [2.24, 2.45) is 0 Å². The molecule has 0 unspecified atom stereocenters. The first-order chi connectivity index (χ1) is 5.37. The van der Waals surface area contributed by atoms with E-state index >= 15 is 0 Å². The molecule has 0 heterocycles. The quantitative estimate of drug-likeness (QED) is 0.482. The Kier molecular flexibility index (Phi) is 4.17. The van der Waals surface area contributed by atoms with Crippen LogP contribution in [0.5, 0.6) is 0 Å². The summed E-state index contributed by atoms with van der Waals surface area (Å²) in [7, 11) is -1.22. The van der Waals surface area contributed by atoms with Crippen LogP contribution in [0.1, 0.15) is 13.3 Å². The van der Waals surface area contributed by atoms with Gasteiger partial charge in [-0.1, -0.05) is 38.8 Å². The molecular formula is C10H18OSi. The largest absolute Gasteiger partial charge is 0.290 e. The lowest BCUT2D eigenvalue weighted by Gasteiger charge is -2.07. The molecule has 0 aliphatic heterocycles. The summed E-state index contributed by atoms with van der Waals surface area (Å²) < 4.78 is 0. The summed E-state index contributed by atoms with van der Waals surface area (Å²) in [6, 6.07) is 0. The van der Waals surface area contributed by atoms with E-state index < -0.39 is 8.07 Å². The van der Waals surface area contributed by atoms with E-state index in [0.29, 0.717) is 5.57 Å². The summed E-state index contributed by atoms with van der Waals surface area (Å²) in [5, 5.41) is 0. The third-order valence-corrected chi connectivity index (χ3v) is 2.68. The van der Waals surface area contributed by atoms with Gasteiger partial charge in [0.15, 0.2) is 5.78 Å². The Morgan fingerprint density at radius 3 is 2.25 bits per heavy atom. The lowest BCUT2D eigenvalue weighted by atomic mass is 10.1. The van der Waals surface area contributed by atoms with E-state index in [1.807, 2.05) is 6.92 Å². The Balaban J connectivity index is 4.19. The molecule has 0 bridgehead atoms. The smallest absolute Gasteiger partial charge is 0.180 e. The van der Waals surface area contributed by atoms with Gasteiger partial charge in [0, 0.05) is 0 Å². The Morgan fingerprint density at radius 2 is 1.92 bits per heavy atom. The molecule has 0 N–H and O–H groups in total. The van der Waals surface area contributed by atoms with E-state index in [-0.39, 0.29) is 5.78 Å². The van der Waals surface area contributed by atoms with Gasteiger partial charge in [0.2, 0.25) is 0 Å². The molecule has 0 aromatic carbocycles. The normalized spacial score (nSPS) is 12.0. The fraction of sp³-hybridized carbons (Fsp3) is 0.500. The molecule has 0 aliphatic carbocycles. The number of carbonyl (C=O) groups excluding carboxylic acids is 1. The van der Waals surface area contributed by atoms with Crippen LogP contribution in [0.4, 0.5) is 0 Å². The van der Waals surface area contributed by atoms with Gasteiger partial charge < -0.3 is 0 Å². The van der Waals surface area contributed by atoms with Gasteiger partial charge in [-0.15, -0.1) is 0 Å². The summed E-state index contributed by atoms with van der Waals surface area (Å²) in [5.41, 5.74) is 2.75. The predicted octanol–water partition coefficient (Wildman–Crippen LogP) is 2.96. The molecule has 0 aliphatic rings. The second kappa shape index (κ2) is 4.41. The SMILES string of the molecule is C=C(CC)C(=O)C=C[Si](C)(C)C. The highest BCUT2D eigenvalue weighted by molar-refractivity contribution is 6.81. The highest BCUT2D eigenvalue weighted by Crippen LogP contribution is 2.05. The Hall–Kier alpha value is -0.633. The van der Waals surface area contributed by atoms with Crippen LogP contribution in [0, 0.1) is 0 Å². The summed E-state index contributed by atoms with van der Waals surface area (Å²) >= 11 is 0. The molecule has 2 heteroatoms. The fourth-order valence-corrected chi connectivity index (χ4v) is 1.27. The second-order valence-electron chi connectivity index (χ2n) is 4.02. The zero-order valence-corrected chi connectivity index (χ0v) is 9.48. The summed E-state index contributed by atoms with van der Waals surface area (Å²) in [5.74, 6) is 0.0833. The number of allylic oxidation sites excluding steroid dienone is 2. The Bertz CT molecular complexity index is 208. The Labute approximate surface area is 76.2 Å². The van der Waals surface area contributed by atoms with Crippen LogP contribution in [0.25, 0.3) is 0 Å². The van der Waals surface area contributed by atoms with Crippen molar-refractivity contribution >= 4 is 13.9 Å². The van der Waals surface area contributed by atoms with Gasteiger partial charge in [0.05, 0.1) is 8.07 Å². The molecular weight excluding hydrogens is 164 g/mol. The first-order valence-electron chi connectivity index (χ1n) is 4.28. The van der Waals surface area contributed by atoms with Gasteiger partial charge in [-0.2, -0.15) is 0 Å². The predicted molar refractivity (Wildman–Crippen MR) is 56.9 cm³/mol. The molecule has 0 spiro atoms. The van der Waals surface area contributed by atoms with Crippen molar-refractivity contribution in [1.82, 2.24) is 0 Å². The van der Waals surface area contributed by atoms with Crippen LogP contribution in [-0.4, -0.2) is 13.9 Å². The third-order valence-electron chi connectivity index (χ3n) is 1.51. The van der Waals surface area contributed by atoms with Crippen molar-refractivity contribution in [2.75, 3.05) is 0 Å². The summed E-state index contributed by atoms with van der Waals surface area (Å²) in [4.78, 5) is 11.3. The standard InChI is InChI=1S/C10H18OSi/c1-6-9(2)10(11)7-8-12(3,4)5/h7-8H,2,6H2,1,3-5H3. The van der Waals surface area contributed by atoms with E-state index in [2.05, 4.69) is 31.9 Å². The minimum atomic E-state index is -1.22. The second-order valence-corrected chi connectivity index (χ2v) is 9.09. The van der Waals surface area contributed by atoms with Crippen LogP contribution in [0.15, 0.2) is 23.9 Å². The first-order valence-corrected chi connectivity index (χ1v) is 7.86. The van der Waals surface area contributed by atoms with Gasteiger partial charge in [0.25, 0.3) is 0 Å². The van der Waals surface area contributed by atoms with E-state index in [9.17, 15) is 4.79 Å². The average molecular weight is 182 g/mol. The maximum Gasteiger partial charge on any atom is 0.180 e. The summed E-state index contributed by atoms with van der Waals surface area (Å²) in [6.45, 7) is 12.2. The van der Waals surface area contributed by atoms with Crippen LogP contribution < -0.4 is 0 Å². The van der Waals surface area contributed by atoms with Crippen molar-refractivity contribution in [1.29, 1.82) is 0 Å². The molecule has 0 amide bonds. The first kappa shape index (κ1) is 11.4. The number of hydrogen-bond acceptors (Lipinski definition) is 1. The lowest BCUT2D eigenvalue weighted by Crippen LogP contribution is -2.16. The molecule has 68 valence electrons. The molecule has 0 aromatic rings.